The zero-order chi connectivity index (χ0) is 18.4. The smallest absolute Gasteiger partial charge is 0.317 e. The highest BCUT2D eigenvalue weighted by Gasteiger charge is 2.42. The van der Waals surface area contributed by atoms with Crippen molar-refractivity contribution in [3.05, 3.63) is 22.4 Å². The molecule has 1 aromatic heterocycles. The van der Waals surface area contributed by atoms with Crippen LogP contribution in [-0.4, -0.2) is 68.2 Å². The molecule has 1 N–H and O–H groups in total. The molecular formula is C19H29N3O3S. The van der Waals surface area contributed by atoms with E-state index in [1.54, 1.807) is 18.4 Å². The van der Waals surface area contributed by atoms with Crippen molar-refractivity contribution in [2.45, 2.75) is 32.1 Å². The maximum atomic E-state index is 12.6. The molecule has 1 aromatic rings. The van der Waals surface area contributed by atoms with Gasteiger partial charge in [-0.15, -0.1) is 11.3 Å². The second-order valence-corrected chi connectivity index (χ2v) is 8.43. The molecule has 3 amide bonds. The van der Waals surface area contributed by atoms with Crippen molar-refractivity contribution in [3.8, 4) is 0 Å². The van der Waals surface area contributed by atoms with E-state index < -0.39 is 0 Å². The summed E-state index contributed by atoms with van der Waals surface area (Å²) in [6.07, 6.45) is 4.43. The third kappa shape index (κ3) is 4.76. The summed E-state index contributed by atoms with van der Waals surface area (Å²) in [5, 5.41) is 5.12. The first-order chi connectivity index (χ1) is 12.6. The average Bonchev–Trinajstić information content (AvgIpc) is 3.16. The summed E-state index contributed by atoms with van der Waals surface area (Å²) in [5.74, 6) is 0.213. The quantitative estimate of drug-likeness (QED) is 0.825. The standard InChI is InChI=1S/C19H29N3O3S/c1-25-12-11-21-14-19(8-5-17(21)23)7-3-10-22(15-19)18(24)20-9-6-16-4-2-13-26-16/h2,4,13H,3,5-12,14-15H2,1H3,(H,20,24)/t19-/m0/s1. The summed E-state index contributed by atoms with van der Waals surface area (Å²) < 4.78 is 5.14. The molecule has 1 spiro atoms. The van der Waals surface area contributed by atoms with Gasteiger partial charge in [0.25, 0.3) is 0 Å². The van der Waals surface area contributed by atoms with Crippen molar-refractivity contribution in [2.24, 2.45) is 5.41 Å². The normalized spacial score (nSPS) is 23.5. The van der Waals surface area contributed by atoms with E-state index in [9.17, 15) is 9.59 Å². The number of nitrogens with one attached hydrogen (secondary N) is 1. The Labute approximate surface area is 159 Å². The van der Waals surface area contributed by atoms with Crippen LogP contribution in [-0.2, 0) is 16.0 Å². The fourth-order valence-corrected chi connectivity index (χ4v) is 4.79. The van der Waals surface area contributed by atoms with E-state index in [1.165, 1.54) is 4.88 Å². The predicted molar refractivity (Wildman–Crippen MR) is 102 cm³/mol. The van der Waals surface area contributed by atoms with Gasteiger partial charge in [0.15, 0.2) is 0 Å². The Morgan fingerprint density at radius 1 is 1.38 bits per heavy atom. The lowest BCUT2D eigenvalue weighted by Crippen LogP contribution is -2.57. The molecule has 2 saturated heterocycles. The Bertz CT molecular complexity index is 607. The number of likely N-dealkylation sites (tertiary alicyclic amines) is 2. The molecule has 0 bridgehead atoms. The third-order valence-corrected chi connectivity index (χ3v) is 6.43. The first-order valence-electron chi connectivity index (χ1n) is 9.44. The van der Waals surface area contributed by atoms with Crippen LogP contribution in [0.5, 0.6) is 0 Å². The molecule has 2 fully saturated rings. The number of amides is 3. The van der Waals surface area contributed by atoms with Crippen LogP contribution in [0.4, 0.5) is 4.79 Å². The minimum Gasteiger partial charge on any atom is -0.383 e. The molecule has 2 aliphatic heterocycles. The summed E-state index contributed by atoms with van der Waals surface area (Å²) in [6.45, 7) is 4.17. The molecule has 144 valence electrons. The molecule has 6 nitrogen and oxygen atoms in total. The van der Waals surface area contributed by atoms with Gasteiger partial charge in [-0.1, -0.05) is 6.07 Å². The molecule has 0 radical (unpaired) electrons. The molecular weight excluding hydrogens is 350 g/mol. The highest BCUT2D eigenvalue weighted by molar-refractivity contribution is 7.09. The number of piperidine rings is 2. The number of thiophene rings is 1. The second-order valence-electron chi connectivity index (χ2n) is 7.39. The van der Waals surface area contributed by atoms with Crippen LogP contribution in [0, 0.1) is 5.41 Å². The molecule has 3 rings (SSSR count). The molecule has 0 aromatic carbocycles. The van der Waals surface area contributed by atoms with E-state index in [0.717, 1.165) is 45.3 Å². The maximum Gasteiger partial charge on any atom is 0.317 e. The molecule has 2 aliphatic rings. The third-order valence-electron chi connectivity index (χ3n) is 5.49. The fourth-order valence-electron chi connectivity index (χ4n) is 4.08. The Morgan fingerprint density at radius 2 is 2.27 bits per heavy atom. The van der Waals surface area contributed by atoms with E-state index in [4.69, 9.17) is 4.74 Å². The minimum absolute atomic E-state index is 0.0287. The lowest BCUT2D eigenvalue weighted by Gasteiger charge is -2.48. The number of ether oxygens (including phenoxy) is 1. The van der Waals surface area contributed by atoms with Crippen LogP contribution < -0.4 is 5.32 Å². The zero-order valence-corrected chi connectivity index (χ0v) is 16.4. The van der Waals surface area contributed by atoms with Gasteiger partial charge >= 0.3 is 6.03 Å². The van der Waals surface area contributed by atoms with E-state index in [0.29, 0.717) is 26.1 Å². The molecule has 0 unspecified atom stereocenters. The van der Waals surface area contributed by atoms with Crippen LogP contribution in [0.1, 0.15) is 30.6 Å². The van der Waals surface area contributed by atoms with Gasteiger partial charge in [0.1, 0.15) is 0 Å². The number of carbonyl (C=O) groups is 2. The molecule has 26 heavy (non-hydrogen) atoms. The fraction of sp³-hybridized carbons (Fsp3) is 0.684. The maximum absolute atomic E-state index is 12.6. The van der Waals surface area contributed by atoms with Gasteiger partial charge in [0.05, 0.1) is 6.61 Å². The molecule has 3 heterocycles. The summed E-state index contributed by atoms with van der Waals surface area (Å²) >= 11 is 1.72. The van der Waals surface area contributed by atoms with Gasteiger partial charge < -0.3 is 19.9 Å². The molecule has 7 heteroatoms. The lowest BCUT2D eigenvalue weighted by molar-refractivity contribution is -0.139. The van der Waals surface area contributed by atoms with Crippen molar-refractivity contribution in [1.82, 2.24) is 15.1 Å². The van der Waals surface area contributed by atoms with Gasteiger partial charge in [-0.05, 0) is 37.1 Å². The highest BCUT2D eigenvalue weighted by Crippen LogP contribution is 2.38. The van der Waals surface area contributed by atoms with Crippen LogP contribution in [0.15, 0.2) is 17.5 Å². The van der Waals surface area contributed by atoms with Gasteiger partial charge in [-0.2, -0.15) is 0 Å². The van der Waals surface area contributed by atoms with Crippen LogP contribution >= 0.6 is 11.3 Å². The lowest BCUT2D eigenvalue weighted by atomic mass is 9.73. The van der Waals surface area contributed by atoms with Crippen molar-refractivity contribution in [3.63, 3.8) is 0 Å². The minimum atomic E-state index is 0.0287. The van der Waals surface area contributed by atoms with Crippen molar-refractivity contribution >= 4 is 23.3 Å². The zero-order valence-electron chi connectivity index (χ0n) is 15.5. The van der Waals surface area contributed by atoms with Crippen LogP contribution in [0.3, 0.4) is 0 Å². The van der Waals surface area contributed by atoms with Crippen LogP contribution in [0.2, 0.25) is 0 Å². The van der Waals surface area contributed by atoms with Gasteiger partial charge in [-0.25, -0.2) is 4.79 Å². The number of methoxy groups -OCH3 is 1. The SMILES string of the molecule is COCCN1C[C@]2(CCCN(C(=O)NCCc3cccs3)C2)CCC1=O. The van der Waals surface area contributed by atoms with Crippen molar-refractivity contribution in [1.29, 1.82) is 0 Å². The number of hydrogen-bond donors (Lipinski definition) is 1. The Kier molecular flexibility index (Phi) is 6.53. The first kappa shape index (κ1) is 19.2. The van der Waals surface area contributed by atoms with Gasteiger partial charge in [0.2, 0.25) is 5.91 Å². The second kappa shape index (κ2) is 8.86. The Balaban J connectivity index is 1.52. The largest absolute Gasteiger partial charge is 0.383 e. The summed E-state index contributed by atoms with van der Waals surface area (Å²) in [6, 6.07) is 4.16. The van der Waals surface area contributed by atoms with Crippen LogP contribution in [0.25, 0.3) is 0 Å². The molecule has 0 saturated carbocycles. The summed E-state index contributed by atoms with van der Waals surface area (Å²) in [5.41, 5.74) is 0.0466. The summed E-state index contributed by atoms with van der Waals surface area (Å²) in [7, 11) is 1.66. The first-order valence-corrected chi connectivity index (χ1v) is 10.3. The topological polar surface area (TPSA) is 61.9 Å². The molecule has 1 atom stereocenters. The molecule has 0 aliphatic carbocycles. The monoisotopic (exact) mass is 379 g/mol. The summed E-state index contributed by atoms with van der Waals surface area (Å²) in [4.78, 5) is 29.9. The Morgan fingerprint density at radius 3 is 3.04 bits per heavy atom. The van der Waals surface area contributed by atoms with E-state index in [-0.39, 0.29) is 17.4 Å². The predicted octanol–water partition coefficient (Wildman–Crippen LogP) is 2.35. The van der Waals surface area contributed by atoms with Crippen molar-refractivity contribution in [2.75, 3.05) is 46.4 Å². The van der Waals surface area contributed by atoms with Crippen molar-refractivity contribution < 1.29 is 14.3 Å². The average molecular weight is 380 g/mol. The number of urea groups is 1. The van der Waals surface area contributed by atoms with Gasteiger partial charge in [0, 0.05) is 56.5 Å². The number of rotatable bonds is 6. The van der Waals surface area contributed by atoms with Gasteiger partial charge in [-0.3, -0.25) is 4.79 Å². The number of nitrogens with zero attached hydrogens (tertiary/aromatic N) is 2. The van der Waals surface area contributed by atoms with E-state index in [1.807, 2.05) is 15.9 Å². The van der Waals surface area contributed by atoms with E-state index in [2.05, 4.69) is 16.8 Å². The number of carbonyl (C=O) groups excluding carboxylic acids is 2. The van der Waals surface area contributed by atoms with E-state index >= 15 is 0 Å². The Hall–Kier alpha value is -1.60. The highest BCUT2D eigenvalue weighted by atomic mass is 32.1. The number of hydrogen-bond acceptors (Lipinski definition) is 4.